The van der Waals surface area contributed by atoms with Gasteiger partial charge in [-0.3, -0.25) is 9.59 Å². The van der Waals surface area contributed by atoms with Gasteiger partial charge in [0.1, 0.15) is 17.8 Å². The smallest absolute Gasteiger partial charge is 0.309 e. The summed E-state index contributed by atoms with van der Waals surface area (Å²) in [6, 6.07) is 0. The molecule has 8 heteroatoms. The highest BCUT2D eigenvalue weighted by Gasteiger charge is 2.35. The fraction of sp³-hybridized carbons (Fsp3) is 0.667. The Labute approximate surface area is 227 Å². The molecule has 216 valence electrons. The van der Waals surface area contributed by atoms with E-state index in [2.05, 4.69) is 6.92 Å². The zero-order valence-corrected chi connectivity index (χ0v) is 23.9. The molecular weight excluding hydrogens is 488 g/mol. The molecular formula is C30H48O8. The summed E-state index contributed by atoms with van der Waals surface area (Å²) in [6.07, 6.45) is 9.83. The van der Waals surface area contributed by atoms with Gasteiger partial charge in [-0.25, -0.2) is 0 Å². The van der Waals surface area contributed by atoms with Gasteiger partial charge in [-0.05, 0) is 57.6 Å². The first-order valence-electron chi connectivity index (χ1n) is 13.5. The summed E-state index contributed by atoms with van der Waals surface area (Å²) in [5.74, 6) is -1.29. The minimum absolute atomic E-state index is 0.138. The van der Waals surface area contributed by atoms with Crippen molar-refractivity contribution in [3.8, 4) is 0 Å². The van der Waals surface area contributed by atoms with Crippen LogP contribution in [0, 0.1) is 17.8 Å². The number of aliphatic hydroxyl groups excluding tert-OH is 3. The van der Waals surface area contributed by atoms with Crippen molar-refractivity contribution < 1.29 is 39.5 Å². The van der Waals surface area contributed by atoms with Crippen LogP contribution in [-0.4, -0.2) is 68.5 Å². The Bertz CT molecular complexity index is 869. The minimum atomic E-state index is -1.41. The standard InChI is InChI=1S/C30H48O8/c1-19(10-8-12-20(2)28(35)23(5)31)11-9-13-21(3)29-22(4)14-15-26(37-24(6)32)30(7,36)17-16-25(33)18-27(34)38-29/h8-9,11-15,19-20,22-23,25-26,28-29,31,33,35-36H,10,16-18H2,1-7H3/b11-9+,12-8+,15-14-,21-13+. The highest BCUT2D eigenvalue weighted by molar-refractivity contribution is 5.70. The molecule has 1 aliphatic heterocycles. The molecule has 0 amide bonds. The number of hydrogen-bond donors (Lipinski definition) is 4. The van der Waals surface area contributed by atoms with E-state index in [-0.39, 0.29) is 37.0 Å². The number of esters is 2. The number of rotatable bonds is 9. The average molecular weight is 537 g/mol. The molecule has 8 nitrogen and oxygen atoms in total. The number of carbonyl (C=O) groups excluding carboxylic acids is 2. The molecule has 1 rings (SSSR count). The predicted octanol–water partition coefficient (Wildman–Crippen LogP) is 3.78. The van der Waals surface area contributed by atoms with E-state index in [0.29, 0.717) is 0 Å². The SMILES string of the molecule is CC(=O)OC1/C=C\C(C)C(/C(C)=C/C=C/C(C)C/C=C/C(C)C(O)C(C)O)OC(=O)CC(O)CCC1(C)O. The highest BCUT2D eigenvalue weighted by atomic mass is 16.6. The summed E-state index contributed by atoms with van der Waals surface area (Å²) in [6.45, 7) is 12.0. The zero-order chi connectivity index (χ0) is 29.0. The number of ether oxygens (including phenoxy) is 2. The maximum atomic E-state index is 12.6. The van der Waals surface area contributed by atoms with Crippen molar-refractivity contribution in [3.05, 3.63) is 48.1 Å². The van der Waals surface area contributed by atoms with Crippen molar-refractivity contribution in [3.63, 3.8) is 0 Å². The largest absolute Gasteiger partial charge is 0.457 e. The Kier molecular flexibility index (Phi) is 14.2. The summed E-state index contributed by atoms with van der Waals surface area (Å²) in [7, 11) is 0. The van der Waals surface area contributed by atoms with Crippen molar-refractivity contribution in [1.82, 2.24) is 0 Å². The predicted molar refractivity (Wildman–Crippen MR) is 147 cm³/mol. The maximum absolute atomic E-state index is 12.6. The summed E-state index contributed by atoms with van der Waals surface area (Å²) >= 11 is 0. The van der Waals surface area contributed by atoms with Crippen LogP contribution in [0.5, 0.6) is 0 Å². The van der Waals surface area contributed by atoms with E-state index in [1.807, 2.05) is 51.2 Å². The van der Waals surface area contributed by atoms with E-state index >= 15 is 0 Å². The summed E-state index contributed by atoms with van der Waals surface area (Å²) < 4.78 is 11.1. The number of hydrogen-bond acceptors (Lipinski definition) is 8. The van der Waals surface area contributed by atoms with Gasteiger partial charge in [-0.15, -0.1) is 0 Å². The van der Waals surface area contributed by atoms with Gasteiger partial charge in [0, 0.05) is 18.8 Å². The third-order valence-corrected chi connectivity index (χ3v) is 6.85. The van der Waals surface area contributed by atoms with Crippen molar-refractivity contribution in [2.24, 2.45) is 17.8 Å². The van der Waals surface area contributed by atoms with Crippen molar-refractivity contribution in [2.75, 3.05) is 0 Å². The van der Waals surface area contributed by atoms with Crippen molar-refractivity contribution >= 4 is 11.9 Å². The van der Waals surface area contributed by atoms with Gasteiger partial charge in [0.15, 0.2) is 0 Å². The van der Waals surface area contributed by atoms with Crippen molar-refractivity contribution in [1.29, 1.82) is 0 Å². The Morgan fingerprint density at radius 2 is 1.87 bits per heavy atom. The van der Waals surface area contributed by atoms with Crippen LogP contribution in [0.3, 0.4) is 0 Å². The van der Waals surface area contributed by atoms with E-state index in [1.54, 1.807) is 26.0 Å². The lowest BCUT2D eigenvalue weighted by molar-refractivity contribution is -0.157. The van der Waals surface area contributed by atoms with Gasteiger partial charge in [-0.2, -0.15) is 0 Å². The molecule has 1 aliphatic rings. The second kappa shape index (κ2) is 16.0. The normalized spacial score (nSPS) is 32.1. The number of cyclic esters (lactones) is 1. The van der Waals surface area contributed by atoms with Crippen LogP contribution in [0.1, 0.15) is 74.1 Å². The van der Waals surface area contributed by atoms with Gasteiger partial charge >= 0.3 is 11.9 Å². The van der Waals surface area contributed by atoms with E-state index in [0.717, 1.165) is 12.0 Å². The van der Waals surface area contributed by atoms with Crippen LogP contribution in [0.4, 0.5) is 0 Å². The quantitative estimate of drug-likeness (QED) is 0.199. The Morgan fingerprint density at radius 1 is 1.21 bits per heavy atom. The van der Waals surface area contributed by atoms with Crippen LogP contribution in [0.15, 0.2) is 48.1 Å². The van der Waals surface area contributed by atoms with E-state index in [1.165, 1.54) is 6.92 Å². The average Bonchev–Trinajstić information content (AvgIpc) is 2.82. The Balaban J connectivity index is 3.03. The Hall–Kier alpha value is -2.26. The van der Waals surface area contributed by atoms with E-state index in [9.17, 15) is 30.0 Å². The molecule has 4 N–H and O–H groups in total. The van der Waals surface area contributed by atoms with E-state index < -0.39 is 48.1 Å². The molecule has 0 radical (unpaired) electrons. The third kappa shape index (κ3) is 12.1. The summed E-state index contributed by atoms with van der Waals surface area (Å²) in [5, 5.41) is 40.7. The molecule has 0 aromatic rings. The van der Waals surface area contributed by atoms with Crippen LogP contribution in [-0.2, 0) is 19.1 Å². The lowest BCUT2D eigenvalue weighted by atomic mass is 9.88. The number of aliphatic hydroxyl groups is 4. The molecule has 0 spiro atoms. The van der Waals surface area contributed by atoms with Gasteiger partial charge in [0.25, 0.3) is 0 Å². The first-order chi connectivity index (χ1) is 17.6. The molecule has 9 atom stereocenters. The van der Waals surface area contributed by atoms with Gasteiger partial charge in [-0.1, -0.05) is 57.2 Å². The van der Waals surface area contributed by atoms with Gasteiger partial charge in [0.05, 0.1) is 24.7 Å². The molecule has 0 aromatic carbocycles. The first-order valence-corrected chi connectivity index (χ1v) is 13.5. The lowest BCUT2D eigenvalue weighted by Crippen LogP contribution is -2.42. The minimum Gasteiger partial charge on any atom is -0.457 e. The molecule has 0 aliphatic carbocycles. The molecule has 0 bridgehead atoms. The van der Waals surface area contributed by atoms with Gasteiger partial charge in [0.2, 0.25) is 0 Å². The molecule has 0 saturated heterocycles. The highest BCUT2D eigenvalue weighted by Crippen LogP contribution is 2.27. The molecule has 0 aromatic heterocycles. The summed E-state index contributed by atoms with van der Waals surface area (Å²) in [5.41, 5.74) is -0.614. The second-order valence-electron chi connectivity index (χ2n) is 11.0. The topological polar surface area (TPSA) is 134 Å². The van der Waals surface area contributed by atoms with E-state index in [4.69, 9.17) is 9.47 Å². The van der Waals surface area contributed by atoms with Crippen LogP contribution >= 0.6 is 0 Å². The van der Waals surface area contributed by atoms with Gasteiger partial charge < -0.3 is 29.9 Å². The molecule has 9 unspecified atom stereocenters. The first kappa shape index (κ1) is 33.8. The monoisotopic (exact) mass is 536 g/mol. The number of carbonyl (C=O) groups is 2. The van der Waals surface area contributed by atoms with Crippen LogP contribution in [0.25, 0.3) is 0 Å². The van der Waals surface area contributed by atoms with Crippen LogP contribution < -0.4 is 0 Å². The van der Waals surface area contributed by atoms with Crippen LogP contribution in [0.2, 0.25) is 0 Å². The second-order valence-corrected chi connectivity index (χ2v) is 11.0. The maximum Gasteiger partial charge on any atom is 0.309 e. The molecule has 0 fully saturated rings. The fourth-order valence-electron chi connectivity index (χ4n) is 4.26. The number of allylic oxidation sites excluding steroid dienone is 4. The Morgan fingerprint density at radius 3 is 2.47 bits per heavy atom. The zero-order valence-electron chi connectivity index (χ0n) is 23.9. The third-order valence-electron chi connectivity index (χ3n) is 6.85. The van der Waals surface area contributed by atoms with Crippen molar-refractivity contribution in [2.45, 2.75) is 110 Å². The fourth-order valence-corrected chi connectivity index (χ4v) is 4.26. The molecule has 1 heterocycles. The lowest BCUT2D eigenvalue weighted by Gasteiger charge is -2.32. The summed E-state index contributed by atoms with van der Waals surface area (Å²) in [4.78, 5) is 24.2. The molecule has 38 heavy (non-hydrogen) atoms. The molecule has 0 saturated carbocycles.